The largest absolute Gasteiger partial charge is 0.252 e. The summed E-state index contributed by atoms with van der Waals surface area (Å²) in [6.07, 6.45) is 1.77. The van der Waals surface area contributed by atoms with Crippen LogP contribution in [-0.2, 0) is 5.41 Å². The molecule has 0 aliphatic heterocycles. The third-order valence-corrected chi connectivity index (χ3v) is 5.12. The van der Waals surface area contributed by atoms with E-state index < -0.39 is 17.0 Å². The number of pyridine rings is 2. The number of halogens is 2. The molecule has 0 saturated heterocycles. The fourth-order valence-corrected chi connectivity index (χ4v) is 3.28. The summed E-state index contributed by atoms with van der Waals surface area (Å²) in [5.74, 6) is -0.664. The van der Waals surface area contributed by atoms with Crippen molar-refractivity contribution in [2.24, 2.45) is 4.99 Å². The summed E-state index contributed by atoms with van der Waals surface area (Å²) in [7, 11) is 0. The summed E-state index contributed by atoms with van der Waals surface area (Å²) in [4.78, 5) is 13.9. The summed E-state index contributed by atoms with van der Waals surface area (Å²) < 4.78 is 27.5. The number of nitrogens with zero attached hydrogens (tertiary/aromatic N) is 3. The van der Waals surface area contributed by atoms with Crippen molar-refractivity contribution in [2.75, 3.05) is 0 Å². The molecule has 0 bridgehead atoms. The van der Waals surface area contributed by atoms with Gasteiger partial charge in [-0.25, -0.2) is 18.8 Å². The van der Waals surface area contributed by atoms with Gasteiger partial charge in [0.2, 0.25) is 0 Å². The van der Waals surface area contributed by atoms with Gasteiger partial charge in [-0.3, -0.25) is 4.98 Å². The predicted octanol–water partition coefficient (Wildman–Crippen LogP) is 6.50. The molecule has 0 aliphatic rings. The molecule has 0 radical (unpaired) electrons. The molecular formula is C26H21F2N3. The van der Waals surface area contributed by atoms with E-state index >= 15 is 0 Å². The molecule has 5 heteroatoms. The Morgan fingerprint density at radius 3 is 2.23 bits per heavy atom. The second-order valence-corrected chi connectivity index (χ2v) is 7.71. The maximum atomic E-state index is 14.3. The van der Waals surface area contributed by atoms with Crippen LogP contribution in [-0.4, -0.2) is 16.2 Å². The van der Waals surface area contributed by atoms with Gasteiger partial charge >= 0.3 is 0 Å². The van der Waals surface area contributed by atoms with E-state index in [1.807, 2.05) is 74.5 Å². The second-order valence-electron chi connectivity index (χ2n) is 7.71. The first-order chi connectivity index (χ1) is 14.9. The molecule has 4 rings (SSSR count). The number of aliphatic imine (C=N–C) groups is 1. The first-order valence-corrected chi connectivity index (χ1v) is 9.93. The number of hydrogen-bond donors (Lipinski definition) is 0. The van der Waals surface area contributed by atoms with Crippen molar-refractivity contribution in [3.63, 3.8) is 0 Å². The highest BCUT2D eigenvalue weighted by Crippen LogP contribution is 2.32. The zero-order valence-electron chi connectivity index (χ0n) is 17.3. The van der Waals surface area contributed by atoms with Gasteiger partial charge in [0.05, 0.1) is 17.1 Å². The maximum Gasteiger partial charge on any atom is 0.152 e. The normalized spacial score (nSPS) is 11.7. The van der Waals surface area contributed by atoms with E-state index in [1.54, 1.807) is 12.3 Å². The van der Waals surface area contributed by atoms with Crippen LogP contribution in [0.3, 0.4) is 0 Å². The van der Waals surface area contributed by atoms with Crippen LogP contribution in [0, 0.1) is 11.6 Å². The Morgan fingerprint density at radius 1 is 0.774 bits per heavy atom. The average molecular weight is 413 g/mol. The van der Waals surface area contributed by atoms with Gasteiger partial charge in [-0.1, -0.05) is 42.5 Å². The Bertz CT molecular complexity index is 1230. The van der Waals surface area contributed by atoms with Crippen molar-refractivity contribution in [1.29, 1.82) is 0 Å². The lowest BCUT2D eigenvalue weighted by Gasteiger charge is -2.24. The van der Waals surface area contributed by atoms with Crippen molar-refractivity contribution in [2.45, 2.75) is 19.3 Å². The van der Waals surface area contributed by atoms with E-state index in [1.165, 1.54) is 12.1 Å². The molecule has 0 spiro atoms. The summed E-state index contributed by atoms with van der Waals surface area (Å²) in [6, 6.07) is 24.4. The lowest BCUT2D eigenvalue weighted by Crippen LogP contribution is -2.22. The Hall–Kier alpha value is -3.73. The van der Waals surface area contributed by atoms with E-state index in [-0.39, 0.29) is 5.56 Å². The fraction of sp³-hybridized carbons (Fsp3) is 0.115. The Labute approximate surface area is 180 Å². The van der Waals surface area contributed by atoms with Crippen LogP contribution in [0.5, 0.6) is 0 Å². The quantitative estimate of drug-likeness (QED) is 0.350. The maximum absolute atomic E-state index is 14.3. The van der Waals surface area contributed by atoms with Gasteiger partial charge in [0.1, 0.15) is 11.6 Å². The SMILES string of the molecule is CC(C)(c1cccc(N=Cc2ccccc2)n1)c1cccc(-c2ccc(F)cc2F)n1. The molecule has 0 atom stereocenters. The highest BCUT2D eigenvalue weighted by atomic mass is 19.1. The van der Waals surface area contributed by atoms with Crippen molar-refractivity contribution < 1.29 is 8.78 Å². The standard InChI is InChI=1S/C26H21F2N3/c1-26(2,23-11-6-10-22(30-23)20-15-14-19(27)16-21(20)28)24-12-7-13-25(31-24)29-17-18-8-4-3-5-9-18/h3-17H,1-2H3. The zero-order valence-corrected chi connectivity index (χ0v) is 17.3. The Balaban J connectivity index is 1.66. The molecule has 2 aromatic carbocycles. The third-order valence-electron chi connectivity index (χ3n) is 5.12. The molecule has 2 aromatic heterocycles. The minimum atomic E-state index is -0.641. The van der Waals surface area contributed by atoms with Gasteiger partial charge in [-0.15, -0.1) is 0 Å². The van der Waals surface area contributed by atoms with Gasteiger partial charge in [0.15, 0.2) is 5.82 Å². The highest BCUT2D eigenvalue weighted by molar-refractivity contribution is 5.81. The number of rotatable bonds is 5. The van der Waals surface area contributed by atoms with Crippen LogP contribution < -0.4 is 0 Å². The molecule has 154 valence electrons. The fourth-order valence-electron chi connectivity index (χ4n) is 3.28. The Kier molecular flexibility index (Phi) is 5.67. The molecule has 0 aliphatic carbocycles. The lowest BCUT2D eigenvalue weighted by atomic mass is 9.84. The van der Waals surface area contributed by atoms with Gasteiger partial charge < -0.3 is 0 Å². The molecule has 4 aromatic rings. The van der Waals surface area contributed by atoms with E-state index in [4.69, 9.17) is 4.98 Å². The summed E-state index contributed by atoms with van der Waals surface area (Å²) in [5, 5.41) is 0. The van der Waals surface area contributed by atoms with Crippen LogP contribution in [0.1, 0.15) is 30.8 Å². The molecule has 0 amide bonds. The molecule has 0 saturated carbocycles. The predicted molar refractivity (Wildman–Crippen MR) is 120 cm³/mol. The molecule has 0 fully saturated rings. The van der Waals surface area contributed by atoms with Gasteiger partial charge in [0, 0.05) is 23.3 Å². The minimum absolute atomic E-state index is 0.258. The van der Waals surface area contributed by atoms with Crippen LogP contribution in [0.25, 0.3) is 11.3 Å². The number of aromatic nitrogens is 2. The molecule has 3 nitrogen and oxygen atoms in total. The van der Waals surface area contributed by atoms with Gasteiger partial charge in [0.25, 0.3) is 0 Å². The number of hydrogen-bond acceptors (Lipinski definition) is 3. The topological polar surface area (TPSA) is 38.1 Å². The van der Waals surface area contributed by atoms with Gasteiger partial charge in [-0.05, 0) is 55.8 Å². The zero-order chi connectivity index (χ0) is 21.8. The van der Waals surface area contributed by atoms with Crippen LogP contribution in [0.15, 0.2) is 89.9 Å². The van der Waals surface area contributed by atoms with E-state index in [0.29, 0.717) is 11.5 Å². The van der Waals surface area contributed by atoms with Crippen molar-refractivity contribution >= 4 is 12.0 Å². The highest BCUT2D eigenvalue weighted by Gasteiger charge is 2.27. The first-order valence-electron chi connectivity index (χ1n) is 9.93. The molecule has 0 N–H and O–H groups in total. The minimum Gasteiger partial charge on any atom is -0.252 e. The monoisotopic (exact) mass is 413 g/mol. The van der Waals surface area contributed by atoms with Crippen LogP contribution >= 0.6 is 0 Å². The summed E-state index contributed by atoms with van der Waals surface area (Å²) in [6.45, 7) is 4.01. The third kappa shape index (κ3) is 4.56. The van der Waals surface area contributed by atoms with E-state index in [2.05, 4.69) is 9.98 Å². The smallest absolute Gasteiger partial charge is 0.152 e. The molecular weight excluding hydrogens is 392 g/mol. The van der Waals surface area contributed by atoms with E-state index in [0.717, 1.165) is 23.0 Å². The van der Waals surface area contributed by atoms with Gasteiger partial charge in [-0.2, -0.15) is 0 Å². The second kappa shape index (κ2) is 8.56. The average Bonchev–Trinajstić information content (AvgIpc) is 2.79. The first kappa shape index (κ1) is 20.5. The molecule has 2 heterocycles. The van der Waals surface area contributed by atoms with Crippen LogP contribution in [0.4, 0.5) is 14.6 Å². The van der Waals surface area contributed by atoms with E-state index in [9.17, 15) is 8.78 Å². The van der Waals surface area contributed by atoms with Crippen molar-refractivity contribution in [1.82, 2.24) is 9.97 Å². The molecule has 0 unspecified atom stereocenters. The number of benzene rings is 2. The van der Waals surface area contributed by atoms with Crippen molar-refractivity contribution in [3.8, 4) is 11.3 Å². The Morgan fingerprint density at radius 2 is 1.48 bits per heavy atom. The van der Waals surface area contributed by atoms with Crippen LogP contribution in [0.2, 0.25) is 0 Å². The summed E-state index contributed by atoms with van der Waals surface area (Å²) in [5.41, 5.74) is 2.66. The van der Waals surface area contributed by atoms with Crippen molar-refractivity contribution in [3.05, 3.63) is 114 Å². The molecule has 31 heavy (non-hydrogen) atoms. The summed E-state index contributed by atoms with van der Waals surface area (Å²) >= 11 is 0. The lowest BCUT2D eigenvalue weighted by molar-refractivity contribution is 0.583.